The smallest absolute Gasteiger partial charge is 0.248 e. The van der Waals surface area contributed by atoms with Gasteiger partial charge in [0.15, 0.2) is 16.5 Å². The molecule has 0 aliphatic carbocycles. The lowest BCUT2D eigenvalue weighted by Gasteiger charge is -2.04. The number of nitrogens with zero attached hydrogens (tertiary/aromatic N) is 3. The molecule has 0 saturated carbocycles. The van der Waals surface area contributed by atoms with Crippen LogP contribution in [0, 0.1) is 13.8 Å². The van der Waals surface area contributed by atoms with Gasteiger partial charge in [-0.05, 0) is 19.4 Å². The molecular weight excluding hydrogens is 270 g/mol. The molecule has 0 bridgehead atoms. The fourth-order valence-corrected chi connectivity index (χ4v) is 2.97. The van der Waals surface area contributed by atoms with Crippen LogP contribution in [-0.4, -0.2) is 23.4 Å². The van der Waals surface area contributed by atoms with Gasteiger partial charge in [-0.25, -0.2) is 13.1 Å². The molecule has 9 heteroatoms. The average molecular weight is 285 g/mol. The van der Waals surface area contributed by atoms with Crippen molar-refractivity contribution in [3.8, 4) is 0 Å². The number of nitrogen functional groups attached to an aromatic ring is 1. The maximum atomic E-state index is 12.1. The second kappa shape index (κ2) is 4.67. The first-order chi connectivity index (χ1) is 8.81. The van der Waals surface area contributed by atoms with Gasteiger partial charge in [0.05, 0.1) is 12.2 Å². The van der Waals surface area contributed by atoms with Crippen LogP contribution in [0.3, 0.4) is 0 Å². The van der Waals surface area contributed by atoms with E-state index in [0.29, 0.717) is 5.69 Å². The molecule has 8 nitrogen and oxygen atoms in total. The molecule has 0 amide bonds. The van der Waals surface area contributed by atoms with Gasteiger partial charge in [0.2, 0.25) is 10.0 Å². The number of nitrogens with one attached hydrogen (secondary N) is 1. The molecule has 2 aromatic rings. The zero-order valence-corrected chi connectivity index (χ0v) is 11.7. The summed E-state index contributed by atoms with van der Waals surface area (Å²) in [6, 6.07) is 0. The lowest BCUT2D eigenvalue weighted by molar-refractivity contribution is 0.396. The lowest BCUT2D eigenvalue weighted by atomic mass is 10.3. The second-order valence-corrected chi connectivity index (χ2v) is 5.91. The molecular formula is C10H15N5O3S. The van der Waals surface area contributed by atoms with Gasteiger partial charge >= 0.3 is 0 Å². The highest BCUT2D eigenvalue weighted by atomic mass is 32.2. The quantitative estimate of drug-likeness (QED) is 0.822. The lowest BCUT2D eigenvalue weighted by Crippen LogP contribution is -2.25. The molecule has 0 atom stereocenters. The van der Waals surface area contributed by atoms with E-state index < -0.39 is 10.0 Å². The summed E-state index contributed by atoms with van der Waals surface area (Å²) < 4.78 is 33.0. The number of sulfonamides is 1. The Kier molecular flexibility index (Phi) is 3.33. The molecule has 0 aromatic carbocycles. The van der Waals surface area contributed by atoms with Crippen LogP contribution < -0.4 is 10.5 Å². The van der Waals surface area contributed by atoms with E-state index in [2.05, 4.69) is 15.0 Å². The van der Waals surface area contributed by atoms with Gasteiger partial charge in [0.1, 0.15) is 0 Å². The predicted octanol–water partition coefficient (Wildman–Crippen LogP) is 0.0856. The van der Waals surface area contributed by atoms with Crippen molar-refractivity contribution < 1.29 is 12.9 Å². The van der Waals surface area contributed by atoms with Crippen molar-refractivity contribution in [2.24, 2.45) is 7.05 Å². The second-order valence-electron chi connectivity index (χ2n) is 4.21. The Morgan fingerprint density at radius 2 is 2.16 bits per heavy atom. The highest BCUT2D eigenvalue weighted by Gasteiger charge is 2.25. The molecule has 0 aliphatic rings. The van der Waals surface area contributed by atoms with Crippen LogP contribution in [0.2, 0.25) is 0 Å². The summed E-state index contributed by atoms with van der Waals surface area (Å²) in [5, 5.41) is 7.58. The first-order valence-corrected chi connectivity index (χ1v) is 7.00. The van der Waals surface area contributed by atoms with Gasteiger partial charge in [-0.1, -0.05) is 5.16 Å². The van der Waals surface area contributed by atoms with Gasteiger partial charge in [0, 0.05) is 13.2 Å². The molecule has 2 aromatic heterocycles. The standard InChI is InChI=1S/C10H15N5O3S/c1-6-5-15(3)13-8(6)4-12-19(16,17)9-7(2)18-14-10(9)11/h5,12H,4H2,1-3H3,(H2,11,14). The Morgan fingerprint density at radius 1 is 1.47 bits per heavy atom. The fraction of sp³-hybridized carbons (Fsp3) is 0.400. The summed E-state index contributed by atoms with van der Waals surface area (Å²) in [7, 11) is -1.99. The number of aromatic nitrogens is 3. The van der Waals surface area contributed by atoms with Gasteiger partial charge in [-0.3, -0.25) is 4.68 Å². The average Bonchev–Trinajstić information content (AvgIpc) is 2.79. The number of hydrogen-bond donors (Lipinski definition) is 2. The van der Waals surface area contributed by atoms with Crippen LogP contribution in [0.5, 0.6) is 0 Å². The Labute approximate surface area is 110 Å². The van der Waals surface area contributed by atoms with Crippen LogP contribution in [0.25, 0.3) is 0 Å². The first kappa shape index (κ1) is 13.6. The van der Waals surface area contributed by atoms with E-state index in [4.69, 9.17) is 10.3 Å². The molecule has 0 radical (unpaired) electrons. The molecule has 0 spiro atoms. The van der Waals surface area contributed by atoms with Gasteiger partial charge < -0.3 is 10.3 Å². The minimum Gasteiger partial charge on any atom is -0.380 e. The molecule has 19 heavy (non-hydrogen) atoms. The van der Waals surface area contributed by atoms with E-state index in [0.717, 1.165) is 5.56 Å². The molecule has 3 N–H and O–H groups in total. The monoisotopic (exact) mass is 285 g/mol. The Morgan fingerprint density at radius 3 is 2.63 bits per heavy atom. The number of anilines is 1. The van der Waals surface area contributed by atoms with Gasteiger partial charge in [-0.15, -0.1) is 0 Å². The van der Waals surface area contributed by atoms with Crippen molar-refractivity contribution in [2.45, 2.75) is 25.3 Å². The summed E-state index contributed by atoms with van der Waals surface area (Å²) in [5.41, 5.74) is 7.04. The third-order valence-corrected chi connectivity index (χ3v) is 4.20. The van der Waals surface area contributed by atoms with E-state index in [-0.39, 0.29) is 23.0 Å². The zero-order valence-electron chi connectivity index (χ0n) is 10.8. The predicted molar refractivity (Wildman–Crippen MR) is 67.6 cm³/mol. The van der Waals surface area contributed by atoms with Gasteiger partial charge in [0.25, 0.3) is 0 Å². The normalized spacial score (nSPS) is 11.9. The summed E-state index contributed by atoms with van der Waals surface area (Å²) >= 11 is 0. The molecule has 2 heterocycles. The summed E-state index contributed by atoms with van der Waals surface area (Å²) in [5.74, 6) is 0.00508. The third-order valence-electron chi connectivity index (χ3n) is 2.65. The van der Waals surface area contributed by atoms with Crippen molar-refractivity contribution in [1.29, 1.82) is 0 Å². The van der Waals surface area contributed by atoms with Crippen LogP contribution >= 0.6 is 0 Å². The van der Waals surface area contributed by atoms with Crippen molar-refractivity contribution in [3.05, 3.63) is 23.2 Å². The Bertz CT molecular complexity index is 681. The highest BCUT2D eigenvalue weighted by Crippen LogP contribution is 2.21. The van der Waals surface area contributed by atoms with Crippen LogP contribution in [-0.2, 0) is 23.6 Å². The zero-order chi connectivity index (χ0) is 14.2. The van der Waals surface area contributed by atoms with Gasteiger partial charge in [-0.2, -0.15) is 5.10 Å². The third kappa shape index (κ3) is 2.61. The van der Waals surface area contributed by atoms with E-state index in [1.165, 1.54) is 6.92 Å². The van der Waals surface area contributed by atoms with E-state index in [1.54, 1.807) is 11.7 Å². The first-order valence-electron chi connectivity index (χ1n) is 5.52. The number of hydrogen-bond acceptors (Lipinski definition) is 6. The Hall–Kier alpha value is -1.87. The van der Waals surface area contributed by atoms with E-state index in [1.807, 2.05) is 13.1 Å². The number of nitrogens with two attached hydrogens (primary N) is 1. The summed E-state index contributed by atoms with van der Waals surface area (Å²) in [4.78, 5) is -0.124. The van der Waals surface area contributed by atoms with E-state index in [9.17, 15) is 8.42 Å². The highest BCUT2D eigenvalue weighted by molar-refractivity contribution is 7.89. The Balaban J connectivity index is 2.21. The minimum atomic E-state index is -3.76. The van der Waals surface area contributed by atoms with Crippen molar-refractivity contribution in [2.75, 3.05) is 5.73 Å². The molecule has 0 aliphatic heterocycles. The molecule has 0 saturated heterocycles. The summed E-state index contributed by atoms with van der Waals surface area (Å²) in [6.45, 7) is 3.43. The molecule has 0 unspecified atom stereocenters. The fourth-order valence-electron chi connectivity index (χ4n) is 1.77. The number of rotatable bonds is 4. The number of aryl methyl sites for hydroxylation is 3. The summed E-state index contributed by atoms with van der Waals surface area (Å²) in [6.07, 6.45) is 1.81. The molecule has 0 fully saturated rings. The van der Waals surface area contributed by atoms with Crippen LogP contribution in [0.15, 0.2) is 15.6 Å². The maximum absolute atomic E-state index is 12.1. The topological polar surface area (TPSA) is 116 Å². The van der Waals surface area contributed by atoms with Crippen LogP contribution in [0.1, 0.15) is 17.0 Å². The van der Waals surface area contributed by atoms with Crippen LogP contribution in [0.4, 0.5) is 5.82 Å². The van der Waals surface area contributed by atoms with E-state index >= 15 is 0 Å². The molecule has 104 valence electrons. The van der Waals surface area contributed by atoms with Crippen molar-refractivity contribution in [3.63, 3.8) is 0 Å². The molecule has 2 rings (SSSR count). The van der Waals surface area contributed by atoms with Crippen molar-refractivity contribution in [1.82, 2.24) is 19.7 Å². The largest absolute Gasteiger partial charge is 0.380 e. The maximum Gasteiger partial charge on any atom is 0.248 e. The van der Waals surface area contributed by atoms with Crippen molar-refractivity contribution >= 4 is 15.8 Å². The minimum absolute atomic E-state index is 0.0824. The SMILES string of the molecule is Cc1cn(C)nc1CNS(=O)(=O)c1c(N)noc1C.